The second-order valence-corrected chi connectivity index (χ2v) is 7.82. The molecule has 0 aromatic heterocycles. The van der Waals surface area contributed by atoms with Crippen LogP contribution in [-0.2, 0) is 20.2 Å². The van der Waals surface area contributed by atoms with Crippen molar-refractivity contribution in [2.75, 3.05) is 14.2 Å². The fourth-order valence-electron chi connectivity index (χ4n) is 2.73. The first kappa shape index (κ1) is 17.5. The molecule has 1 aliphatic heterocycles. The summed E-state index contributed by atoms with van der Waals surface area (Å²) in [6.07, 6.45) is 5.82. The van der Waals surface area contributed by atoms with E-state index in [0.717, 1.165) is 29.3 Å². The lowest BCUT2D eigenvalue weighted by Crippen LogP contribution is -2.40. The predicted octanol–water partition coefficient (Wildman–Crippen LogP) is 3.27. The van der Waals surface area contributed by atoms with Gasteiger partial charge in [0.05, 0.1) is 6.61 Å². The molecule has 1 aromatic rings. The van der Waals surface area contributed by atoms with E-state index in [9.17, 15) is 0 Å². The van der Waals surface area contributed by atoms with Gasteiger partial charge in [-0.25, -0.2) is 0 Å². The zero-order valence-corrected chi connectivity index (χ0v) is 15.1. The summed E-state index contributed by atoms with van der Waals surface area (Å²) in [6, 6.07) is 6.12. The number of rotatable bonds is 8. The van der Waals surface area contributed by atoms with Crippen LogP contribution in [0.1, 0.15) is 51.5 Å². The van der Waals surface area contributed by atoms with Crippen molar-refractivity contribution < 1.29 is 18.3 Å². The third-order valence-electron chi connectivity index (χ3n) is 4.01. The quantitative estimate of drug-likeness (QED) is 0.543. The second kappa shape index (κ2) is 8.11. The zero-order chi connectivity index (χ0) is 16.0. The van der Waals surface area contributed by atoms with Gasteiger partial charge in [0, 0.05) is 33.1 Å². The number of benzene rings is 1. The van der Waals surface area contributed by atoms with Gasteiger partial charge in [-0.2, -0.15) is 0 Å². The van der Waals surface area contributed by atoms with Gasteiger partial charge in [0.1, 0.15) is 5.75 Å². The molecule has 0 bridgehead atoms. The summed E-state index contributed by atoms with van der Waals surface area (Å²) in [5.74, 6) is 0.417. The first-order valence-corrected chi connectivity index (χ1v) is 9.34. The Kier molecular flexibility index (Phi) is 6.44. The third kappa shape index (κ3) is 4.32. The summed E-state index contributed by atoms with van der Waals surface area (Å²) >= 11 is 0. The molecule has 1 radical (unpaired) electrons. The lowest BCUT2D eigenvalue weighted by Gasteiger charge is -2.36. The summed E-state index contributed by atoms with van der Waals surface area (Å²) in [5, 5.41) is 1.08. The lowest BCUT2D eigenvalue weighted by molar-refractivity contribution is -0.198. The molecule has 5 heteroatoms. The van der Waals surface area contributed by atoms with Crippen molar-refractivity contribution in [3.63, 3.8) is 0 Å². The highest BCUT2D eigenvalue weighted by Gasteiger charge is 2.32. The molecule has 0 spiro atoms. The maximum Gasteiger partial charge on any atom is 0.423 e. The fraction of sp³-hybridized carbons (Fsp3) is 0.647. The van der Waals surface area contributed by atoms with Gasteiger partial charge in [0.25, 0.3) is 0 Å². The normalized spacial score (nSPS) is 20.8. The van der Waals surface area contributed by atoms with Gasteiger partial charge in [-0.15, -0.1) is 0 Å². The smallest absolute Gasteiger partial charge is 0.423 e. The van der Waals surface area contributed by atoms with Crippen molar-refractivity contribution in [3.8, 4) is 5.75 Å². The lowest BCUT2D eigenvalue weighted by atomic mass is 10.1. The molecular formula is C17H27O4Si. The minimum atomic E-state index is -1.39. The van der Waals surface area contributed by atoms with E-state index in [-0.39, 0.29) is 0 Å². The highest BCUT2D eigenvalue weighted by Crippen LogP contribution is 2.33. The second-order valence-electron chi connectivity index (χ2n) is 5.85. The van der Waals surface area contributed by atoms with Crippen LogP contribution in [0.15, 0.2) is 18.2 Å². The Bertz CT molecular complexity index is 476. The van der Waals surface area contributed by atoms with Crippen LogP contribution >= 0.6 is 0 Å². The molecule has 1 unspecified atom stereocenters. The molecule has 0 N–H and O–H groups in total. The largest absolute Gasteiger partial charge is 0.462 e. The molecule has 0 saturated heterocycles. The molecule has 0 amide bonds. The van der Waals surface area contributed by atoms with Gasteiger partial charge < -0.3 is 18.3 Å². The van der Waals surface area contributed by atoms with Crippen LogP contribution in [0.2, 0.25) is 0 Å². The van der Waals surface area contributed by atoms with Crippen LogP contribution in [0, 0.1) is 0 Å². The average Bonchev–Trinajstić information content (AvgIpc) is 2.53. The monoisotopic (exact) mass is 323 g/mol. The van der Waals surface area contributed by atoms with Gasteiger partial charge in [0.15, 0.2) is 0 Å². The van der Waals surface area contributed by atoms with Crippen molar-refractivity contribution in [1.82, 2.24) is 0 Å². The van der Waals surface area contributed by atoms with Gasteiger partial charge in [0.2, 0.25) is 5.79 Å². The van der Waals surface area contributed by atoms with E-state index in [1.165, 1.54) is 19.3 Å². The molecular weight excluding hydrogens is 296 g/mol. The number of hydrogen-bond acceptors (Lipinski definition) is 4. The fourth-order valence-corrected chi connectivity index (χ4v) is 3.88. The van der Waals surface area contributed by atoms with Crippen molar-refractivity contribution >= 4 is 14.5 Å². The van der Waals surface area contributed by atoms with E-state index in [1.54, 1.807) is 14.2 Å². The minimum Gasteiger partial charge on any atom is -0.462 e. The molecule has 22 heavy (non-hydrogen) atoms. The summed E-state index contributed by atoms with van der Waals surface area (Å²) in [4.78, 5) is 0. The highest BCUT2D eigenvalue weighted by atomic mass is 28.3. The van der Waals surface area contributed by atoms with Gasteiger partial charge in [-0.1, -0.05) is 32.3 Å². The van der Waals surface area contributed by atoms with Crippen molar-refractivity contribution in [3.05, 3.63) is 23.8 Å². The van der Waals surface area contributed by atoms with E-state index in [1.807, 2.05) is 19.1 Å². The molecule has 4 nitrogen and oxygen atoms in total. The minimum absolute atomic E-state index is 0.501. The Balaban J connectivity index is 2.01. The van der Waals surface area contributed by atoms with E-state index >= 15 is 0 Å². The summed E-state index contributed by atoms with van der Waals surface area (Å²) in [6.45, 7) is 4.84. The van der Waals surface area contributed by atoms with Crippen molar-refractivity contribution in [2.45, 2.75) is 58.3 Å². The molecule has 123 valence electrons. The third-order valence-corrected chi connectivity index (χ3v) is 5.53. The molecule has 1 aliphatic rings. The van der Waals surface area contributed by atoms with Crippen LogP contribution in [-0.4, -0.2) is 29.3 Å². The highest BCUT2D eigenvalue weighted by molar-refractivity contribution is 6.61. The van der Waals surface area contributed by atoms with Crippen LogP contribution in [0.3, 0.4) is 0 Å². The van der Waals surface area contributed by atoms with Crippen molar-refractivity contribution in [1.29, 1.82) is 0 Å². The van der Waals surface area contributed by atoms with Crippen molar-refractivity contribution in [2.24, 2.45) is 0 Å². The number of unbranched alkanes of at least 4 members (excludes halogenated alkanes) is 3. The van der Waals surface area contributed by atoms with E-state index in [2.05, 4.69) is 13.0 Å². The Morgan fingerprint density at radius 2 is 1.95 bits per heavy atom. The first-order valence-electron chi connectivity index (χ1n) is 8.03. The first-order chi connectivity index (χ1) is 10.6. The van der Waals surface area contributed by atoms with Gasteiger partial charge in [-0.3, -0.25) is 0 Å². The van der Waals surface area contributed by atoms with Crippen LogP contribution < -0.4 is 9.92 Å². The Morgan fingerprint density at radius 1 is 1.18 bits per heavy atom. The van der Waals surface area contributed by atoms with Gasteiger partial charge in [-0.05, 0) is 23.7 Å². The van der Waals surface area contributed by atoms with E-state index in [4.69, 9.17) is 18.3 Å². The number of fused-ring (bicyclic) bond motifs is 1. The summed E-state index contributed by atoms with van der Waals surface area (Å²) in [5.41, 5.74) is 1.07. The SMILES string of the molecule is CCCCCCC1(C)OCc2cc([Si](OC)OC)ccc2O1. The number of ether oxygens (including phenoxy) is 2. The van der Waals surface area contributed by atoms with Crippen LogP contribution in [0.4, 0.5) is 0 Å². The van der Waals surface area contributed by atoms with E-state index in [0.29, 0.717) is 6.61 Å². The molecule has 1 aromatic carbocycles. The molecule has 2 rings (SSSR count). The maximum absolute atomic E-state index is 6.11. The van der Waals surface area contributed by atoms with E-state index < -0.39 is 15.1 Å². The summed E-state index contributed by atoms with van der Waals surface area (Å²) in [7, 11) is 1.96. The molecule has 0 saturated carbocycles. The molecule has 0 aliphatic carbocycles. The zero-order valence-electron chi connectivity index (χ0n) is 14.1. The molecule has 1 atom stereocenters. The van der Waals surface area contributed by atoms with Crippen LogP contribution in [0.5, 0.6) is 5.75 Å². The number of hydrogen-bond donors (Lipinski definition) is 0. The topological polar surface area (TPSA) is 36.9 Å². The predicted molar refractivity (Wildman–Crippen MR) is 88.4 cm³/mol. The maximum atomic E-state index is 6.11. The van der Waals surface area contributed by atoms with Gasteiger partial charge >= 0.3 is 9.28 Å². The standard InChI is InChI=1S/C17H27O4Si/c1-5-6-7-8-11-17(2)20-13-14-12-15(22(18-3)19-4)9-10-16(14)21-17/h9-10,12H,5-8,11,13H2,1-4H3. The Hall–Kier alpha value is -0.883. The molecule has 0 fully saturated rings. The molecule has 1 heterocycles. The Morgan fingerprint density at radius 3 is 2.64 bits per heavy atom. The Labute approximate surface area is 135 Å². The van der Waals surface area contributed by atoms with Crippen LogP contribution in [0.25, 0.3) is 0 Å². The average molecular weight is 323 g/mol. The summed E-state index contributed by atoms with van der Waals surface area (Å²) < 4.78 is 22.9.